The van der Waals surface area contributed by atoms with Crippen molar-refractivity contribution in [2.45, 2.75) is 0 Å². The Kier molecular flexibility index (Phi) is 33.4. The second-order valence-corrected chi connectivity index (χ2v) is 7.85. The second kappa shape index (κ2) is 33.9. The van der Waals surface area contributed by atoms with Crippen molar-refractivity contribution in [1.29, 1.82) is 0 Å². The highest BCUT2D eigenvalue weighted by molar-refractivity contribution is 6.53. The van der Waals surface area contributed by atoms with Gasteiger partial charge in [-0.2, -0.15) is 0 Å². The van der Waals surface area contributed by atoms with Gasteiger partial charge in [0.1, 0.15) is 0 Å². The lowest BCUT2D eigenvalue weighted by Gasteiger charge is -2.41. The quantitative estimate of drug-likeness (QED) is 0.0435. The summed E-state index contributed by atoms with van der Waals surface area (Å²) in [5, 5.41) is 35.1. The van der Waals surface area contributed by atoms with Crippen molar-refractivity contribution in [3.8, 4) is 0 Å². The van der Waals surface area contributed by atoms with Gasteiger partial charge in [0.05, 0.1) is 132 Å². The van der Waals surface area contributed by atoms with Crippen molar-refractivity contribution in [3.05, 3.63) is 0 Å². The van der Waals surface area contributed by atoms with E-state index in [1.165, 1.54) is 0 Å². The fraction of sp³-hybridized carbons (Fsp3) is 1.00. The lowest BCUT2D eigenvalue weighted by atomic mass is 10.0. The van der Waals surface area contributed by atoms with Crippen molar-refractivity contribution in [3.63, 3.8) is 0 Å². The molecule has 0 heterocycles. The van der Waals surface area contributed by atoms with E-state index in [0.29, 0.717) is 52.9 Å². The van der Waals surface area contributed by atoms with Crippen LogP contribution in [-0.4, -0.2) is 186 Å². The molecule has 0 aliphatic rings. The Morgan fingerprint density at radius 3 is 0.610 bits per heavy atom. The third kappa shape index (κ3) is 29.3. The third-order valence-corrected chi connectivity index (χ3v) is 4.63. The third-order valence-electron chi connectivity index (χ3n) is 4.63. The fourth-order valence-electron chi connectivity index (χ4n) is 2.84. The molecular weight excluding hydrogens is 555 g/mol. The summed E-state index contributed by atoms with van der Waals surface area (Å²) in [5.41, 5.74) is 0. The minimum absolute atomic E-state index is 0.0277. The largest absolute Gasteiger partial charge is 0.531 e. The predicted octanol–water partition coefficient (Wildman–Crippen LogP) is -2.41. The Morgan fingerprint density at radius 1 is 0.244 bits per heavy atom. The molecule has 0 aliphatic heterocycles. The molecule has 0 rings (SSSR count). The van der Waals surface area contributed by atoms with Gasteiger partial charge in [0, 0.05) is 26.4 Å². The number of ether oxygens (including phenoxy) is 8. The highest BCUT2D eigenvalue weighted by Crippen LogP contribution is 2.13. The molecule has 0 aromatic rings. The molecule has 0 aliphatic carbocycles. The van der Waals surface area contributed by atoms with E-state index >= 15 is 0 Å². The lowest BCUT2D eigenvalue weighted by molar-refractivity contribution is -0.0736. The highest BCUT2D eigenvalue weighted by Gasteiger charge is 2.32. The van der Waals surface area contributed by atoms with E-state index in [1.54, 1.807) is 0 Å². The molecule has 16 nitrogen and oxygen atoms in total. The van der Waals surface area contributed by atoms with E-state index in [1.807, 2.05) is 0 Å². The van der Waals surface area contributed by atoms with Crippen LogP contribution in [0, 0.1) is 0 Å². The smallest absolute Gasteiger partial charge is 0.517 e. The van der Waals surface area contributed by atoms with Crippen LogP contribution in [-0.2, 0) is 56.5 Å². The van der Waals surface area contributed by atoms with Crippen LogP contribution in [0.4, 0.5) is 0 Å². The average molecular weight is 607 g/mol. The minimum Gasteiger partial charge on any atom is -0.517 e. The van der Waals surface area contributed by atoms with Crippen LogP contribution >= 0.6 is 0 Å². The summed E-state index contributed by atoms with van der Waals surface area (Å²) >= 11 is 0. The first-order valence-electron chi connectivity index (χ1n) is 14.0. The molecule has 4 N–H and O–H groups in total. The highest BCUT2D eigenvalue weighted by atomic mass is 16.9. The Labute approximate surface area is 242 Å². The van der Waals surface area contributed by atoms with Crippen LogP contribution in [0.3, 0.4) is 0 Å². The summed E-state index contributed by atoms with van der Waals surface area (Å²) in [4.78, 5) is 0. The number of aliphatic hydroxyl groups is 4. The van der Waals surface area contributed by atoms with E-state index in [0.717, 1.165) is 0 Å². The van der Waals surface area contributed by atoms with E-state index in [4.69, 9.17) is 76.9 Å². The van der Waals surface area contributed by atoms with Crippen molar-refractivity contribution < 1.29 is 76.9 Å². The molecule has 0 fully saturated rings. The van der Waals surface area contributed by atoms with Gasteiger partial charge in [-0.1, -0.05) is 0 Å². The SMILES string of the molecule is OCCOCCOCCOCCO[B-](OCCOCCO)(OCCOCCO)OCCOCCOCCOCCO. The first-order valence-corrected chi connectivity index (χ1v) is 14.0. The van der Waals surface area contributed by atoms with E-state index in [9.17, 15) is 0 Å². The zero-order valence-electron chi connectivity index (χ0n) is 24.2. The molecule has 17 heteroatoms. The van der Waals surface area contributed by atoms with Crippen molar-refractivity contribution >= 4 is 6.96 Å². The summed E-state index contributed by atoms with van der Waals surface area (Å²) in [6, 6.07) is 0. The van der Waals surface area contributed by atoms with Crippen molar-refractivity contribution in [2.24, 2.45) is 0 Å². The Balaban J connectivity index is 4.58. The van der Waals surface area contributed by atoms with Crippen molar-refractivity contribution in [2.75, 3.05) is 159 Å². The first-order chi connectivity index (χ1) is 20.2. The molecule has 41 heavy (non-hydrogen) atoms. The number of hydrogen-bond acceptors (Lipinski definition) is 16. The number of hydrogen-bond donors (Lipinski definition) is 4. The summed E-state index contributed by atoms with van der Waals surface area (Å²) in [6.45, 7) is 1.91. The topological polar surface area (TPSA) is 192 Å². The molecule has 0 amide bonds. The van der Waals surface area contributed by atoms with E-state index < -0.39 is 6.96 Å². The number of aliphatic hydroxyl groups excluding tert-OH is 4. The summed E-state index contributed by atoms with van der Waals surface area (Å²) in [7, 11) is 0. The molecule has 248 valence electrons. The van der Waals surface area contributed by atoms with Crippen LogP contribution in [0.1, 0.15) is 0 Å². The molecule has 0 spiro atoms. The standard InChI is InChI=1S/C24H52BO16/c26-1-5-30-9-11-34-13-15-36-19-23-40-25(38-21-17-32-7-3-28,39-22-18-33-8-4-29)41-24-20-37-16-14-35-12-10-31-6-2-27/h26-29H,1-24H2/q-1. The minimum atomic E-state index is -2.71. The molecule has 0 aromatic heterocycles. The van der Waals surface area contributed by atoms with Crippen LogP contribution in [0.5, 0.6) is 0 Å². The van der Waals surface area contributed by atoms with Gasteiger partial charge in [0.15, 0.2) is 0 Å². The maximum absolute atomic E-state index is 8.91. The van der Waals surface area contributed by atoms with Gasteiger partial charge in [-0.3, -0.25) is 0 Å². The second-order valence-electron chi connectivity index (χ2n) is 7.85. The van der Waals surface area contributed by atoms with Gasteiger partial charge in [-0.25, -0.2) is 0 Å². The van der Waals surface area contributed by atoms with Gasteiger partial charge in [-0.15, -0.1) is 0 Å². The molecule has 0 saturated carbocycles. The molecule has 0 aromatic carbocycles. The lowest BCUT2D eigenvalue weighted by Crippen LogP contribution is -2.51. The summed E-state index contributed by atoms with van der Waals surface area (Å²) < 4.78 is 65.9. The Morgan fingerprint density at radius 2 is 0.415 bits per heavy atom. The van der Waals surface area contributed by atoms with Gasteiger partial charge >= 0.3 is 6.96 Å². The van der Waals surface area contributed by atoms with Gasteiger partial charge in [0.25, 0.3) is 0 Å². The van der Waals surface area contributed by atoms with Gasteiger partial charge < -0.3 is 76.9 Å². The van der Waals surface area contributed by atoms with Gasteiger partial charge in [-0.05, 0) is 0 Å². The molecule has 0 saturated heterocycles. The zero-order chi connectivity index (χ0) is 30.0. The molecular formula is C24H52BO16-. The summed E-state index contributed by atoms with van der Waals surface area (Å²) in [5.74, 6) is 0. The van der Waals surface area contributed by atoms with Gasteiger partial charge in [0.2, 0.25) is 0 Å². The van der Waals surface area contributed by atoms with Crippen LogP contribution in [0.2, 0.25) is 0 Å². The molecule has 0 atom stereocenters. The molecule has 0 bridgehead atoms. The monoisotopic (exact) mass is 607 g/mol. The average Bonchev–Trinajstić information content (AvgIpc) is 2.98. The van der Waals surface area contributed by atoms with Crippen LogP contribution in [0.15, 0.2) is 0 Å². The maximum Gasteiger partial charge on any atom is 0.531 e. The summed E-state index contributed by atoms with van der Waals surface area (Å²) in [6.07, 6.45) is 0. The fourth-order valence-corrected chi connectivity index (χ4v) is 2.84. The Bertz CT molecular complexity index is 455. The first kappa shape index (κ1) is 40.4. The Hall–Kier alpha value is -0.575. The molecule has 0 radical (unpaired) electrons. The van der Waals surface area contributed by atoms with Crippen LogP contribution < -0.4 is 0 Å². The number of rotatable bonds is 36. The normalized spacial score (nSPS) is 12.0. The zero-order valence-corrected chi connectivity index (χ0v) is 24.2. The van der Waals surface area contributed by atoms with Crippen LogP contribution in [0.25, 0.3) is 0 Å². The van der Waals surface area contributed by atoms with E-state index in [2.05, 4.69) is 0 Å². The predicted molar refractivity (Wildman–Crippen MR) is 144 cm³/mol. The molecule has 0 unspecified atom stereocenters. The van der Waals surface area contributed by atoms with E-state index in [-0.39, 0.29) is 106 Å². The maximum atomic E-state index is 8.91. The van der Waals surface area contributed by atoms with Crippen molar-refractivity contribution in [1.82, 2.24) is 0 Å².